The average molecular weight is 654 g/mol. The molecule has 1 aromatic heterocycles. The molecule has 0 spiro atoms. The number of carboxylic acid groups (broad SMARTS) is 1. The van der Waals surface area contributed by atoms with Gasteiger partial charge in [-0.15, -0.1) is 37.2 Å². The van der Waals surface area contributed by atoms with Crippen LogP contribution in [0.5, 0.6) is 5.75 Å². The van der Waals surface area contributed by atoms with Crippen LogP contribution in [0.3, 0.4) is 0 Å². The van der Waals surface area contributed by atoms with E-state index in [0.717, 1.165) is 28.8 Å². The molecule has 1 unspecified atom stereocenters. The lowest BCUT2D eigenvalue weighted by Crippen LogP contribution is -2.48. The maximum atomic E-state index is 12.3. The number of guanidine groups is 1. The Kier molecular flexibility index (Phi) is 20.9. The summed E-state index contributed by atoms with van der Waals surface area (Å²) < 4.78 is 5.39. The van der Waals surface area contributed by atoms with Crippen molar-refractivity contribution in [1.82, 2.24) is 15.6 Å². The van der Waals surface area contributed by atoms with Crippen molar-refractivity contribution in [1.29, 1.82) is 0 Å². The van der Waals surface area contributed by atoms with E-state index in [1.54, 1.807) is 13.3 Å². The molecule has 0 radical (unpaired) electrons. The van der Waals surface area contributed by atoms with E-state index in [2.05, 4.69) is 25.9 Å². The van der Waals surface area contributed by atoms with Gasteiger partial charge in [0.15, 0.2) is 5.96 Å². The number of ether oxygens (including phenoxy) is 1. The van der Waals surface area contributed by atoms with Crippen LogP contribution in [0.1, 0.15) is 45.4 Å². The Labute approximate surface area is 264 Å². The van der Waals surface area contributed by atoms with Gasteiger partial charge in [0.05, 0.1) is 24.4 Å². The summed E-state index contributed by atoms with van der Waals surface area (Å²) >= 11 is 0. The molecule has 2 amide bonds. The summed E-state index contributed by atoms with van der Waals surface area (Å²) in [5, 5.41) is 19.1. The third-order valence-electron chi connectivity index (χ3n) is 6.03. The topological polar surface area (TPSA) is 220 Å². The van der Waals surface area contributed by atoms with Crippen molar-refractivity contribution in [3.63, 3.8) is 0 Å². The number of anilines is 1. The first kappa shape index (κ1) is 40.9. The van der Waals surface area contributed by atoms with Crippen molar-refractivity contribution in [3.8, 4) is 5.75 Å². The zero-order valence-corrected chi connectivity index (χ0v) is 26.2. The number of carboxylic acids is 1. The van der Waals surface area contributed by atoms with Crippen LogP contribution >= 0.6 is 37.2 Å². The molecule has 0 aliphatic carbocycles. The van der Waals surface area contributed by atoms with Gasteiger partial charge in [-0.3, -0.25) is 19.6 Å². The molecular formula is C26H43Cl3N8O5. The third kappa shape index (κ3) is 14.6. The highest BCUT2D eigenvalue weighted by Gasteiger charge is 2.23. The van der Waals surface area contributed by atoms with Crippen LogP contribution in [0.4, 0.5) is 5.69 Å². The Hall–Kier alpha value is -3.26. The molecule has 10 N–H and O–H groups in total. The van der Waals surface area contributed by atoms with Crippen LogP contribution in [0.25, 0.3) is 10.9 Å². The number of carbonyl (C=O) groups excluding carboxylic acids is 2. The van der Waals surface area contributed by atoms with Gasteiger partial charge >= 0.3 is 5.97 Å². The molecule has 42 heavy (non-hydrogen) atoms. The fourth-order valence-corrected chi connectivity index (χ4v) is 3.92. The lowest BCUT2D eigenvalue weighted by atomic mass is 10.1. The second kappa shape index (κ2) is 21.4. The van der Waals surface area contributed by atoms with Crippen LogP contribution in [0.15, 0.2) is 35.5 Å². The number of hydrogen-bond donors (Lipinski definition) is 7. The predicted molar refractivity (Wildman–Crippen MR) is 172 cm³/mol. The molecule has 0 aliphatic rings. The summed E-state index contributed by atoms with van der Waals surface area (Å²) in [4.78, 5) is 44.3. The van der Waals surface area contributed by atoms with Crippen LogP contribution in [0, 0.1) is 0 Å². The molecule has 1 aromatic carbocycles. The van der Waals surface area contributed by atoms with Gasteiger partial charge in [0, 0.05) is 43.2 Å². The van der Waals surface area contributed by atoms with Crippen LogP contribution < -0.4 is 37.9 Å². The van der Waals surface area contributed by atoms with Crippen LogP contribution in [-0.2, 0) is 14.4 Å². The summed E-state index contributed by atoms with van der Waals surface area (Å²) in [7, 11) is 1.62. The molecule has 1 heterocycles. The standard InChI is InChI=1S/C26H40N8O5.3ClH/c1-16(33-21-15-18(39-2)14-17-7-4-12-31-23(17)21)6-3-11-30-22(35)10-9-20(25(37)38)34-24(36)19(27)8-5-13-32-26(28)29;;;/h4,7,12,14-16,19-20,33H,3,5-6,8-11,13,27H2,1-2H3,(H,30,35)(H,34,36)(H,37,38)(H4,28,29,32);3*1H/t16?,19-,20+;;;/m1.../s1. The van der Waals surface area contributed by atoms with Crippen LogP contribution in [-0.4, -0.2) is 72.2 Å². The molecule has 0 saturated heterocycles. The Morgan fingerprint density at radius 3 is 2.45 bits per heavy atom. The molecular weight excluding hydrogens is 611 g/mol. The number of nitrogens with one attached hydrogen (secondary N) is 3. The highest BCUT2D eigenvalue weighted by atomic mass is 35.5. The summed E-state index contributed by atoms with van der Waals surface area (Å²) in [6, 6.07) is 5.67. The van der Waals surface area contributed by atoms with E-state index in [1.807, 2.05) is 31.2 Å². The number of fused-ring (bicyclic) bond motifs is 1. The first-order valence-corrected chi connectivity index (χ1v) is 12.9. The van der Waals surface area contributed by atoms with E-state index in [4.69, 9.17) is 21.9 Å². The predicted octanol–water partition coefficient (Wildman–Crippen LogP) is 1.94. The number of nitrogens with two attached hydrogens (primary N) is 3. The second-order valence-corrected chi connectivity index (χ2v) is 9.28. The normalized spacial score (nSPS) is 12.2. The number of aliphatic imine (C=N–C) groups is 1. The van der Waals surface area contributed by atoms with Gasteiger partial charge in [0.2, 0.25) is 11.8 Å². The van der Waals surface area contributed by atoms with Gasteiger partial charge in [-0.2, -0.15) is 0 Å². The minimum Gasteiger partial charge on any atom is -0.497 e. The fourth-order valence-electron chi connectivity index (χ4n) is 3.92. The lowest BCUT2D eigenvalue weighted by molar-refractivity contribution is -0.142. The van der Waals surface area contributed by atoms with Gasteiger partial charge in [-0.25, -0.2) is 4.79 Å². The Bertz CT molecular complexity index is 1150. The van der Waals surface area contributed by atoms with E-state index < -0.39 is 24.0 Å². The van der Waals surface area contributed by atoms with Crippen molar-refractivity contribution in [2.75, 3.05) is 25.5 Å². The van der Waals surface area contributed by atoms with Crippen molar-refractivity contribution in [2.24, 2.45) is 22.2 Å². The fraction of sp³-hybridized carbons (Fsp3) is 0.500. The van der Waals surface area contributed by atoms with E-state index in [-0.39, 0.29) is 74.4 Å². The molecule has 2 rings (SSSR count). The molecule has 238 valence electrons. The number of aliphatic carboxylic acids is 1. The first-order valence-electron chi connectivity index (χ1n) is 12.9. The molecule has 0 aliphatic heterocycles. The zero-order chi connectivity index (χ0) is 28.8. The number of aromatic nitrogens is 1. The van der Waals surface area contributed by atoms with E-state index in [1.165, 1.54) is 0 Å². The second-order valence-electron chi connectivity index (χ2n) is 9.28. The molecule has 0 saturated carbocycles. The Morgan fingerprint density at radius 1 is 1.10 bits per heavy atom. The van der Waals surface area contributed by atoms with Crippen molar-refractivity contribution in [3.05, 3.63) is 30.5 Å². The number of methoxy groups -OCH3 is 1. The number of amides is 2. The SMILES string of the molecule is COc1cc(NC(C)CCCNC(=O)CC[C@H](NC(=O)[C@H](N)CCCN=C(N)N)C(=O)O)c2ncccc2c1.Cl.Cl.Cl. The highest BCUT2D eigenvalue weighted by Crippen LogP contribution is 2.28. The summed E-state index contributed by atoms with van der Waals surface area (Å²) in [6.45, 7) is 2.80. The Morgan fingerprint density at radius 2 is 1.81 bits per heavy atom. The van der Waals surface area contributed by atoms with Gasteiger partial charge < -0.3 is 43.0 Å². The van der Waals surface area contributed by atoms with Gasteiger partial charge in [0.25, 0.3) is 0 Å². The number of nitrogens with zero attached hydrogens (tertiary/aromatic N) is 2. The van der Waals surface area contributed by atoms with Crippen molar-refractivity contribution in [2.45, 2.75) is 63.6 Å². The lowest BCUT2D eigenvalue weighted by Gasteiger charge is -2.18. The number of carbonyl (C=O) groups is 3. The Balaban J connectivity index is 0. The summed E-state index contributed by atoms with van der Waals surface area (Å²) in [5.74, 6) is -1.45. The van der Waals surface area contributed by atoms with Crippen LogP contribution in [0.2, 0.25) is 0 Å². The summed E-state index contributed by atoms with van der Waals surface area (Å²) in [6.07, 6.45) is 3.88. The smallest absolute Gasteiger partial charge is 0.326 e. The molecule has 0 bridgehead atoms. The largest absolute Gasteiger partial charge is 0.497 e. The van der Waals surface area contributed by atoms with Gasteiger partial charge in [-0.1, -0.05) is 6.07 Å². The van der Waals surface area contributed by atoms with E-state index >= 15 is 0 Å². The quantitative estimate of drug-likeness (QED) is 0.0747. The molecule has 13 nitrogen and oxygen atoms in total. The molecule has 2 aromatic rings. The molecule has 0 fully saturated rings. The number of hydrogen-bond acceptors (Lipinski definition) is 8. The molecule has 3 atom stereocenters. The van der Waals surface area contributed by atoms with Crippen molar-refractivity contribution >= 4 is 77.6 Å². The average Bonchev–Trinajstić information content (AvgIpc) is 2.90. The number of halogens is 3. The van der Waals surface area contributed by atoms with Crippen molar-refractivity contribution < 1.29 is 24.2 Å². The number of rotatable bonds is 17. The third-order valence-corrected chi connectivity index (χ3v) is 6.03. The highest BCUT2D eigenvalue weighted by molar-refractivity contribution is 5.92. The maximum absolute atomic E-state index is 12.3. The number of benzene rings is 1. The number of pyridine rings is 1. The van der Waals surface area contributed by atoms with E-state index in [9.17, 15) is 19.5 Å². The zero-order valence-electron chi connectivity index (χ0n) is 23.7. The monoisotopic (exact) mass is 652 g/mol. The van der Waals surface area contributed by atoms with Gasteiger partial charge in [0.1, 0.15) is 11.8 Å². The summed E-state index contributed by atoms with van der Waals surface area (Å²) in [5.41, 5.74) is 18.0. The van der Waals surface area contributed by atoms with E-state index in [0.29, 0.717) is 25.9 Å². The minimum absolute atomic E-state index is 0. The minimum atomic E-state index is -1.23. The first-order chi connectivity index (χ1) is 18.6. The maximum Gasteiger partial charge on any atom is 0.326 e. The molecule has 16 heteroatoms. The van der Waals surface area contributed by atoms with Gasteiger partial charge in [-0.05, 0) is 51.2 Å².